The van der Waals surface area contributed by atoms with E-state index >= 15 is 0 Å². The Morgan fingerprint density at radius 2 is 2.38 bits per heavy atom. The average Bonchev–Trinajstić information content (AvgIpc) is 2.15. The van der Waals surface area contributed by atoms with Crippen LogP contribution >= 0.6 is 0 Å². The first-order valence-corrected chi connectivity index (χ1v) is 3.91. The van der Waals surface area contributed by atoms with Gasteiger partial charge >= 0.3 is 0 Å². The molecular formula is C10H11NO2. The Kier molecular flexibility index (Phi) is 3.20. The number of nitrogens with zero attached hydrogens (tertiary/aromatic N) is 1. The van der Waals surface area contributed by atoms with E-state index in [0.717, 1.165) is 11.4 Å². The summed E-state index contributed by atoms with van der Waals surface area (Å²) >= 11 is 0. The van der Waals surface area contributed by atoms with Crippen molar-refractivity contribution < 1.29 is 9.53 Å². The fourth-order valence-corrected chi connectivity index (χ4v) is 0.849. The third-order valence-corrected chi connectivity index (χ3v) is 1.48. The van der Waals surface area contributed by atoms with Crippen LogP contribution in [-0.2, 0) is 4.79 Å². The molecule has 1 aromatic heterocycles. The van der Waals surface area contributed by atoms with Gasteiger partial charge in [0.25, 0.3) is 0 Å². The maximum atomic E-state index is 10.6. The van der Waals surface area contributed by atoms with E-state index in [1.165, 1.54) is 13.0 Å². The molecule has 0 aliphatic rings. The van der Waals surface area contributed by atoms with Crippen LogP contribution in [0.25, 0.3) is 6.08 Å². The summed E-state index contributed by atoms with van der Waals surface area (Å²) in [7, 11) is 1.59. The molecule has 68 valence electrons. The predicted molar refractivity (Wildman–Crippen MR) is 50.5 cm³/mol. The molecule has 0 spiro atoms. The van der Waals surface area contributed by atoms with Gasteiger partial charge in [0, 0.05) is 12.3 Å². The first kappa shape index (κ1) is 9.45. The van der Waals surface area contributed by atoms with Crippen molar-refractivity contribution in [1.82, 2.24) is 4.98 Å². The Labute approximate surface area is 77.1 Å². The number of aromatic nitrogens is 1. The summed E-state index contributed by atoms with van der Waals surface area (Å²) in [6.07, 6.45) is 4.77. The molecule has 1 aromatic rings. The monoisotopic (exact) mass is 177 g/mol. The number of pyridine rings is 1. The van der Waals surface area contributed by atoms with Gasteiger partial charge in [-0.25, -0.2) is 0 Å². The van der Waals surface area contributed by atoms with Crippen molar-refractivity contribution in [3.8, 4) is 5.75 Å². The SMILES string of the molecule is COc1ccnc(/C=C/C(C)=O)c1. The summed E-state index contributed by atoms with van der Waals surface area (Å²) in [6, 6.07) is 3.52. The predicted octanol–water partition coefficient (Wildman–Crippen LogP) is 1.69. The molecule has 0 atom stereocenters. The molecule has 0 saturated carbocycles. The molecule has 0 saturated heterocycles. The molecule has 1 rings (SSSR count). The fraction of sp³-hybridized carbons (Fsp3) is 0.200. The summed E-state index contributed by atoms with van der Waals surface area (Å²) in [5, 5.41) is 0. The summed E-state index contributed by atoms with van der Waals surface area (Å²) in [5.41, 5.74) is 0.717. The molecule has 1 heterocycles. The number of hydrogen-bond donors (Lipinski definition) is 0. The minimum atomic E-state index is 0.00428. The number of methoxy groups -OCH3 is 1. The highest BCUT2D eigenvalue weighted by Gasteiger charge is 1.92. The topological polar surface area (TPSA) is 39.2 Å². The second kappa shape index (κ2) is 4.40. The summed E-state index contributed by atoms with van der Waals surface area (Å²) in [5.74, 6) is 0.739. The van der Waals surface area contributed by atoms with Crippen molar-refractivity contribution >= 4 is 11.9 Å². The zero-order chi connectivity index (χ0) is 9.68. The zero-order valence-electron chi connectivity index (χ0n) is 7.65. The summed E-state index contributed by atoms with van der Waals surface area (Å²) < 4.78 is 5.00. The van der Waals surface area contributed by atoms with Gasteiger partial charge in [0.05, 0.1) is 12.8 Å². The number of ketones is 1. The largest absolute Gasteiger partial charge is 0.497 e. The molecule has 0 fully saturated rings. The van der Waals surface area contributed by atoms with Crippen molar-refractivity contribution in [2.24, 2.45) is 0 Å². The Balaban J connectivity index is 2.83. The van der Waals surface area contributed by atoms with Crippen molar-refractivity contribution in [2.45, 2.75) is 6.92 Å². The lowest BCUT2D eigenvalue weighted by Crippen LogP contribution is -1.86. The number of rotatable bonds is 3. The molecular weight excluding hydrogens is 166 g/mol. The van der Waals surface area contributed by atoms with Gasteiger partial charge in [0.15, 0.2) is 5.78 Å². The third kappa shape index (κ3) is 3.07. The maximum absolute atomic E-state index is 10.6. The smallest absolute Gasteiger partial charge is 0.152 e. The van der Waals surface area contributed by atoms with Crippen molar-refractivity contribution in [3.63, 3.8) is 0 Å². The summed E-state index contributed by atoms with van der Waals surface area (Å²) in [4.78, 5) is 14.7. The average molecular weight is 177 g/mol. The molecule has 3 heteroatoms. The van der Waals surface area contributed by atoms with E-state index in [-0.39, 0.29) is 5.78 Å². The molecule has 0 aliphatic heterocycles. The van der Waals surface area contributed by atoms with E-state index in [4.69, 9.17) is 4.74 Å². The van der Waals surface area contributed by atoms with Crippen LogP contribution in [0.15, 0.2) is 24.4 Å². The highest BCUT2D eigenvalue weighted by atomic mass is 16.5. The van der Waals surface area contributed by atoms with Gasteiger partial charge in [-0.15, -0.1) is 0 Å². The lowest BCUT2D eigenvalue weighted by atomic mass is 10.3. The Hall–Kier alpha value is -1.64. The molecule has 0 aromatic carbocycles. The van der Waals surface area contributed by atoms with Crippen LogP contribution in [0, 0.1) is 0 Å². The first-order valence-electron chi connectivity index (χ1n) is 3.91. The van der Waals surface area contributed by atoms with E-state index in [0.29, 0.717) is 0 Å². The molecule has 0 unspecified atom stereocenters. The number of hydrogen-bond acceptors (Lipinski definition) is 3. The quantitative estimate of drug-likeness (QED) is 0.659. The van der Waals surface area contributed by atoms with Crippen LogP contribution in [0.2, 0.25) is 0 Å². The highest BCUT2D eigenvalue weighted by molar-refractivity contribution is 5.91. The lowest BCUT2D eigenvalue weighted by Gasteiger charge is -1.98. The van der Waals surface area contributed by atoms with Gasteiger partial charge in [0.1, 0.15) is 5.75 Å². The van der Waals surface area contributed by atoms with Crippen molar-refractivity contribution in [3.05, 3.63) is 30.1 Å². The van der Waals surface area contributed by atoms with E-state index in [2.05, 4.69) is 4.98 Å². The van der Waals surface area contributed by atoms with Gasteiger partial charge < -0.3 is 4.74 Å². The van der Waals surface area contributed by atoms with E-state index in [1.807, 2.05) is 0 Å². The number of ether oxygens (including phenoxy) is 1. The van der Waals surface area contributed by atoms with Crippen LogP contribution in [-0.4, -0.2) is 17.9 Å². The lowest BCUT2D eigenvalue weighted by molar-refractivity contribution is -0.112. The zero-order valence-corrected chi connectivity index (χ0v) is 7.65. The molecule has 13 heavy (non-hydrogen) atoms. The Morgan fingerprint density at radius 3 is 3.00 bits per heavy atom. The van der Waals surface area contributed by atoms with Crippen molar-refractivity contribution in [2.75, 3.05) is 7.11 Å². The minimum absolute atomic E-state index is 0.00428. The van der Waals surface area contributed by atoms with Crippen LogP contribution < -0.4 is 4.74 Å². The normalized spacial score (nSPS) is 10.3. The van der Waals surface area contributed by atoms with E-state index in [1.54, 1.807) is 31.5 Å². The number of carbonyl (C=O) groups is 1. The second-order valence-electron chi connectivity index (χ2n) is 2.56. The van der Waals surface area contributed by atoms with Crippen LogP contribution in [0.1, 0.15) is 12.6 Å². The standard InChI is InChI=1S/C10H11NO2/c1-8(12)3-4-9-7-10(13-2)5-6-11-9/h3-7H,1-2H3/b4-3+. The van der Waals surface area contributed by atoms with Gasteiger partial charge in [-0.2, -0.15) is 0 Å². The van der Waals surface area contributed by atoms with Gasteiger partial charge in [0.2, 0.25) is 0 Å². The maximum Gasteiger partial charge on any atom is 0.152 e. The highest BCUT2D eigenvalue weighted by Crippen LogP contribution is 2.10. The molecule has 0 aliphatic carbocycles. The Bertz CT molecular complexity index is 331. The molecule has 0 radical (unpaired) electrons. The first-order chi connectivity index (χ1) is 6.22. The Morgan fingerprint density at radius 1 is 1.62 bits per heavy atom. The third-order valence-electron chi connectivity index (χ3n) is 1.48. The summed E-state index contributed by atoms with van der Waals surface area (Å²) in [6.45, 7) is 1.50. The van der Waals surface area contributed by atoms with Gasteiger partial charge in [-0.1, -0.05) is 0 Å². The minimum Gasteiger partial charge on any atom is -0.497 e. The molecule has 0 N–H and O–H groups in total. The van der Waals surface area contributed by atoms with Crippen LogP contribution in [0.4, 0.5) is 0 Å². The van der Waals surface area contributed by atoms with E-state index in [9.17, 15) is 4.79 Å². The fourth-order valence-electron chi connectivity index (χ4n) is 0.849. The number of carbonyl (C=O) groups excluding carboxylic acids is 1. The molecule has 3 nitrogen and oxygen atoms in total. The van der Waals surface area contributed by atoms with Crippen LogP contribution in [0.3, 0.4) is 0 Å². The van der Waals surface area contributed by atoms with E-state index < -0.39 is 0 Å². The molecule has 0 bridgehead atoms. The number of allylic oxidation sites excluding steroid dienone is 1. The van der Waals surface area contributed by atoms with Gasteiger partial charge in [-0.3, -0.25) is 9.78 Å². The second-order valence-corrected chi connectivity index (χ2v) is 2.56. The van der Waals surface area contributed by atoms with Gasteiger partial charge in [-0.05, 0) is 25.1 Å². The van der Waals surface area contributed by atoms with Crippen molar-refractivity contribution in [1.29, 1.82) is 0 Å². The van der Waals surface area contributed by atoms with Crippen LogP contribution in [0.5, 0.6) is 5.75 Å². The molecule has 0 amide bonds.